The predicted octanol–water partition coefficient (Wildman–Crippen LogP) is 0.198. The molecule has 1 saturated carbocycles. The number of likely N-dealkylation sites (tertiary alicyclic amines) is 1. The number of ether oxygens (including phenoxy) is 1. The van der Waals surface area contributed by atoms with Crippen molar-refractivity contribution < 1.29 is 9.53 Å². The van der Waals surface area contributed by atoms with Gasteiger partial charge in [0.05, 0.1) is 6.61 Å². The lowest BCUT2D eigenvalue weighted by Gasteiger charge is -2.21. The summed E-state index contributed by atoms with van der Waals surface area (Å²) in [6.07, 6.45) is 4.31. The van der Waals surface area contributed by atoms with Gasteiger partial charge in [-0.1, -0.05) is 6.42 Å². The van der Waals surface area contributed by atoms with E-state index in [1.54, 1.807) is 7.11 Å². The zero-order valence-electron chi connectivity index (χ0n) is 11.9. The molecule has 3 N–H and O–H groups in total. The molecule has 2 fully saturated rings. The van der Waals surface area contributed by atoms with E-state index in [0.29, 0.717) is 18.5 Å². The van der Waals surface area contributed by atoms with Gasteiger partial charge in [0.25, 0.3) is 0 Å². The van der Waals surface area contributed by atoms with E-state index in [4.69, 9.17) is 10.5 Å². The first kappa shape index (κ1) is 14.8. The van der Waals surface area contributed by atoms with Crippen LogP contribution in [0.4, 0.5) is 0 Å². The van der Waals surface area contributed by atoms with Gasteiger partial charge in [0.2, 0.25) is 5.91 Å². The number of hydrogen-bond donors (Lipinski definition) is 2. The lowest BCUT2D eigenvalue weighted by molar-refractivity contribution is -0.126. The predicted molar refractivity (Wildman–Crippen MR) is 74.7 cm³/mol. The fourth-order valence-electron chi connectivity index (χ4n) is 3.35. The zero-order valence-corrected chi connectivity index (χ0v) is 11.9. The summed E-state index contributed by atoms with van der Waals surface area (Å²) in [5, 5.41) is 3.21. The Hall–Kier alpha value is -0.650. The molecular formula is C14H27N3O2. The van der Waals surface area contributed by atoms with Crippen molar-refractivity contribution in [2.75, 3.05) is 39.9 Å². The van der Waals surface area contributed by atoms with Gasteiger partial charge in [-0.05, 0) is 31.7 Å². The minimum absolute atomic E-state index is 0.151. The third kappa shape index (κ3) is 3.91. The normalized spacial score (nSPS) is 31.8. The van der Waals surface area contributed by atoms with Gasteiger partial charge in [-0.25, -0.2) is 0 Å². The number of amides is 1. The minimum Gasteiger partial charge on any atom is -0.383 e. The van der Waals surface area contributed by atoms with Gasteiger partial charge < -0.3 is 15.8 Å². The topological polar surface area (TPSA) is 67.6 Å². The number of methoxy groups -OCH3 is 1. The average molecular weight is 269 g/mol. The third-order valence-electron chi connectivity index (χ3n) is 4.53. The number of hydrogen-bond acceptors (Lipinski definition) is 4. The van der Waals surface area contributed by atoms with E-state index >= 15 is 0 Å². The molecule has 3 atom stereocenters. The van der Waals surface area contributed by atoms with Gasteiger partial charge in [0.15, 0.2) is 0 Å². The van der Waals surface area contributed by atoms with E-state index in [1.165, 1.54) is 0 Å². The molecule has 0 radical (unpaired) electrons. The van der Waals surface area contributed by atoms with Crippen LogP contribution in [0.1, 0.15) is 25.7 Å². The molecular weight excluding hydrogens is 242 g/mol. The molecule has 5 heteroatoms. The van der Waals surface area contributed by atoms with E-state index in [-0.39, 0.29) is 11.8 Å². The Bertz CT molecular complexity index is 298. The van der Waals surface area contributed by atoms with Crippen molar-refractivity contribution in [2.45, 2.75) is 31.7 Å². The molecule has 110 valence electrons. The smallest absolute Gasteiger partial charge is 0.223 e. The number of nitrogens with two attached hydrogens (primary N) is 1. The van der Waals surface area contributed by atoms with E-state index < -0.39 is 0 Å². The second-order valence-corrected chi connectivity index (χ2v) is 5.82. The Labute approximate surface area is 115 Å². The van der Waals surface area contributed by atoms with Crippen LogP contribution in [0.5, 0.6) is 0 Å². The van der Waals surface area contributed by atoms with Gasteiger partial charge in [-0.3, -0.25) is 9.69 Å². The van der Waals surface area contributed by atoms with Gasteiger partial charge in [-0.15, -0.1) is 0 Å². The van der Waals surface area contributed by atoms with Crippen LogP contribution in [0.25, 0.3) is 0 Å². The van der Waals surface area contributed by atoms with Crippen molar-refractivity contribution in [1.29, 1.82) is 0 Å². The maximum absolute atomic E-state index is 12.3. The van der Waals surface area contributed by atoms with Gasteiger partial charge in [0.1, 0.15) is 0 Å². The van der Waals surface area contributed by atoms with Crippen molar-refractivity contribution >= 4 is 5.91 Å². The maximum Gasteiger partial charge on any atom is 0.223 e. The highest BCUT2D eigenvalue weighted by atomic mass is 16.5. The molecule has 19 heavy (non-hydrogen) atoms. The molecule has 0 bridgehead atoms. The summed E-state index contributed by atoms with van der Waals surface area (Å²) in [6.45, 7) is 4.37. The highest BCUT2D eigenvalue weighted by molar-refractivity contribution is 5.79. The number of carbonyl (C=O) groups is 1. The molecule has 1 amide bonds. The first-order valence-electron chi connectivity index (χ1n) is 7.46. The lowest BCUT2D eigenvalue weighted by Crippen LogP contribution is -2.42. The SMILES string of the molecule is COCCN1CCC(NC(=O)[C@@H]2CCC[C@@H]2CN)C1. The molecule has 2 rings (SSSR count). The summed E-state index contributed by atoms with van der Waals surface area (Å²) < 4.78 is 5.09. The second kappa shape index (κ2) is 7.22. The molecule has 1 unspecified atom stereocenters. The van der Waals surface area contributed by atoms with Crippen molar-refractivity contribution in [2.24, 2.45) is 17.6 Å². The van der Waals surface area contributed by atoms with Gasteiger partial charge in [-0.2, -0.15) is 0 Å². The number of nitrogens with one attached hydrogen (secondary N) is 1. The molecule has 0 aromatic rings. The fraction of sp³-hybridized carbons (Fsp3) is 0.929. The molecule has 1 heterocycles. The Balaban J connectivity index is 1.74. The molecule has 0 aromatic heterocycles. The lowest BCUT2D eigenvalue weighted by atomic mass is 9.95. The molecule has 1 aliphatic carbocycles. The van der Waals surface area contributed by atoms with Gasteiger partial charge >= 0.3 is 0 Å². The van der Waals surface area contributed by atoms with Crippen molar-refractivity contribution in [3.05, 3.63) is 0 Å². The van der Waals surface area contributed by atoms with E-state index in [2.05, 4.69) is 10.2 Å². The largest absolute Gasteiger partial charge is 0.383 e. The second-order valence-electron chi connectivity index (χ2n) is 5.82. The first-order chi connectivity index (χ1) is 9.24. The van der Waals surface area contributed by atoms with Crippen LogP contribution in [-0.2, 0) is 9.53 Å². The van der Waals surface area contributed by atoms with Crippen molar-refractivity contribution in [1.82, 2.24) is 10.2 Å². The van der Waals surface area contributed by atoms with Crippen LogP contribution < -0.4 is 11.1 Å². The van der Waals surface area contributed by atoms with Crippen molar-refractivity contribution in [3.63, 3.8) is 0 Å². The number of carbonyl (C=O) groups excluding carboxylic acids is 1. The van der Waals surface area contributed by atoms with Crippen LogP contribution in [0.3, 0.4) is 0 Å². The van der Waals surface area contributed by atoms with Crippen molar-refractivity contribution in [3.8, 4) is 0 Å². The zero-order chi connectivity index (χ0) is 13.7. The average Bonchev–Trinajstić information content (AvgIpc) is 3.04. The molecule has 1 aliphatic heterocycles. The van der Waals surface area contributed by atoms with Crippen LogP contribution >= 0.6 is 0 Å². The summed E-state index contributed by atoms with van der Waals surface area (Å²) >= 11 is 0. The summed E-state index contributed by atoms with van der Waals surface area (Å²) in [5.41, 5.74) is 5.74. The monoisotopic (exact) mass is 269 g/mol. The van der Waals surface area contributed by atoms with Crippen LogP contribution in [0.2, 0.25) is 0 Å². The standard InChI is InChI=1S/C14H27N3O2/c1-19-8-7-17-6-5-12(10-17)16-14(18)13-4-2-3-11(13)9-15/h11-13H,2-10,15H2,1H3,(H,16,18)/t11-,12?,13-/m1/s1. The highest BCUT2D eigenvalue weighted by Crippen LogP contribution is 2.31. The Morgan fingerprint density at radius 1 is 1.42 bits per heavy atom. The fourth-order valence-corrected chi connectivity index (χ4v) is 3.35. The van der Waals surface area contributed by atoms with E-state index in [0.717, 1.165) is 51.9 Å². The Morgan fingerprint density at radius 3 is 3.00 bits per heavy atom. The third-order valence-corrected chi connectivity index (χ3v) is 4.53. The maximum atomic E-state index is 12.3. The summed E-state index contributed by atoms with van der Waals surface area (Å²) in [7, 11) is 1.72. The van der Waals surface area contributed by atoms with E-state index in [9.17, 15) is 4.79 Å². The summed E-state index contributed by atoms with van der Waals surface area (Å²) in [6, 6.07) is 0.309. The van der Waals surface area contributed by atoms with Gasteiger partial charge in [0, 0.05) is 38.7 Å². The number of nitrogens with zero attached hydrogens (tertiary/aromatic N) is 1. The molecule has 0 aromatic carbocycles. The molecule has 0 spiro atoms. The molecule has 5 nitrogen and oxygen atoms in total. The number of rotatable bonds is 6. The van der Waals surface area contributed by atoms with E-state index in [1.807, 2.05) is 0 Å². The minimum atomic E-state index is 0.151. The first-order valence-corrected chi connectivity index (χ1v) is 7.46. The quantitative estimate of drug-likeness (QED) is 0.723. The Kier molecular flexibility index (Phi) is 5.60. The summed E-state index contributed by atoms with van der Waals surface area (Å²) in [5.74, 6) is 0.774. The molecule has 1 saturated heterocycles. The Morgan fingerprint density at radius 2 is 2.26 bits per heavy atom. The van der Waals surface area contributed by atoms with Crippen LogP contribution in [0, 0.1) is 11.8 Å². The highest BCUT2D eigenvalue weighted by Gasteiger charge is 2.33. The van der Waals surface area contributed by atoms with Crippen LogP contribution in [-0.4, -0.2) is 56.7 Å². The molecule has 2 aliphatic rings. The van der Waals surface area contributed by atoms with Crippen LogP contribution in [0.15, 0.2) is 0 Å². The summed E-state index contributed by atoms with van der Waals surface area (Å²) in [4.78, 5) is 14.6.